The molecule has 0 unspecified atom stereocenters. The molecule has 1 amide bonds. The van der Waals surface area contributed by atoms with Gasteiger partial charge in [0, 0.05) is 7.05 Å². The predicted octanol–water partition coefficient (Wildman–Crippen LogP) is 2.89. The third kappa shape index (κ3) is 2.13. The van der Waals surface area contributed by atoms with Crippen molar-refractivity contribution in [2.24, 2.45) is 0 Å². The minimum Gasteiger partial charge on any atom is -0.507 e. The normalized spacial score (nSPS) is 17.4. The summed E-state index contributed by atoms with van der Waals surface area (Å²) in [5.41, 5.74) is 4.18. The van der Waals surface area contributed by atoms with Crippen LogP contribution in [0.15, 0.2) is 36.4 Å². The topological polar surface area (TPSA) is 52.6 Å². The van der Waals surface area contributed by atoms with Crippen LogP contribution in [-0.4, -0.2) is 18.1 Å². The van der Waals surface area contributed by atoms with Crippen LogP contribution in [0.4, 0.5) is 5.69 Å². The fourth-order valence-corrected chi connectivity index (χ4v) is 2.87. The minimum absolute atomic E-state index is 0.0721. The molecule has 108 valence electrons. The summed E-state index contributed by atoms with van der Waals surface area (Å²) in [4.78, 5) is 14.3. The van der Waals surface area contributed by atoms with Gasteiger partial charge >= 0.3 is 0 Å². The molecule has 1 aliphatic heterocycles. The molecule has 4 nitrogen and oxygen atoms in total. The molecule has 2 N–H and O–H groups in total. The average Bonchev–Trinajstić information content (AvgIpc) is 2.48. The van der Waals surface area contributed by atoms with Gasteiger partial charge in [-0.1, -0.05) is 12.1 Å². The first-order chi connectivity index (χ1) is 9.99. The smallest absolute Gasteiger partial charge is 0.255 e. The fourth-order valence-electron chi connectivity index (χ4n) is 2.87. The molecule has 21 heavy (non-hydrogen) atoms. The Morgan fingerprint density at radius 1 is 1.14 bits per heavy atom. The van der Waals surface area contributed by atoms with Gasteiger partial charge in [-0.3, -0.25) is 4.79 Å². The number of hydrogen-bond donors (Lipinski definition) is 2. The van der Waals surface area contributed by atoms with Crippen LogP contribution in [0.25, 0.3) is 0 Å². The number of para-hydroxylation sites is 1. The number of aromatic hydroxyl groups is 1. The highest BCUT2D eigenvalue weighted by atomic mass is 16.3. The number of aryl methyl sites for hydroxylation is 2. The van der Waals surface area contributed by atoms with Crippen LogP contribution in [0.1, 0.15) is 33.2 Å². The van der Waals surface area contributed by atoms with E-state index in [-0.39, 0.29) is 12.1 Å². The first kappa shape index (κ1) is 13.5. The zero-order chi connectivity index (χ0) is 15.1. The Bertz CT molecular complexity index is 701. The van der Waals surface area contributed by atoms with E-state index in [1.165, 1.54) is 0 Å². The second kappa shape index (κ2) is 4.81. The van der Waals surface area contributed by atoms with Crippen molar-refractivity contribution in [3.63, 3.8) is 0 Å². The molecule has 0 aromatic heterocycles. The number of amides is 1. The van der Waals surface area contributed by atoms with Crippen molar-refractivity contribution in [1.82, 2.24) is 5.32 Å². The maximum atomic E-state index is 12.3. The monoisotopic (exact) mass is 282 g/mol. The van der Waals surface area contributed by atoms with E-state index in [0.717, 1.165) is 22.4 Å². The van der Waals surface area contributed by atoms with Crippen molar-refractivity contribution in [2.75, 3.05) is 11.9 Å². The lowest BCUT2D eigenvalue weighted by Crippen LogP contribution is -2.44. The lowest BCUT2D eigenvalue weighted by molar-refractivity contribution is 0.0928. The number of carbonyl (C=O) groups excluding carboxylic acids is 1. The summed E-state index contributed by atoms with van der Waals surface area (Å²) in [5.74, 6) is 0.237. The van der Waals surface area contributed by atoms with E-state index < -0.39 is 0 Å². The van der Waals surface area contributed by atoms with E-state index in [0.29, 0.717) is 11.3 Å². The molecular formula is C17H18N2O2. The number of anilines is 1. The molecular weight excluding hydrogens is 264 g/mol. The number of benzene rings is 2. The van der Waals surface area contributed by atoms with Gasteiger partial charge in [-0.2, -0.15) is 0 Å². The van der Waals surface area contributed by atoms with Gasteiger partial charge in [0.05, 0.1) is 11.3 Å². The molecule has 0 fully saturated rings. The molecule has 3 rings (SSSR count). The van der Waals surface area contributed by atoms with E-state index in [4.69, 9.17) is 0 Å². The highest BCUT2D eigenvalue weighted by Crippen LogP contribution is 2.34. The molecule has 0 bridgehead atoms. The maximum Gasteiger partial charge on any atom is 0.255 e. The second-order valence-electron chi connectivity index (χ2n) is 5.51. The van der Waals surface area contributed by atoms with Gasteiger partial charge in [0.1, 0.15) is 11.9 Å². The minimum atomic E-state index is -0.231. The third-order valence-electron chi connectivity index (χ3n) is 4.01. The number of hydrogen-bond acceptors (Lipinski definition) is 3. The van der Waals surface area contributed by atoms with Crippen LogP contribution in [0, 0.1) is 13.8 Å². The molecule has 0 saturated heterocycles. The van der Waals surface area contributed by atoms with Crippen LogP contribution in [-0.2, 0) is 0 Å². The van der Waals surface area contributed by atoms with Crippen LogP contribution < -0.4 is 10.2 Å². The first-order valence-corrected chi connectivity index (χ1v) is 6.92. The zero-order valence-corrected chi connectivity index (χ0v) is 12.3. The molecule has 2 aromatic rings. The van der Waals surface area contributed by atoms with Gasteiger partial charge in [-0.05, 0) is 54.8 Å². The van der Waals surface area contributed by atoms with E-state index in [1.54, 1.807) is 0 Å². The summed E-state index contributed by atoms with van der Waals surface area (Å²) >= 11 is 0. The van der Waals surface area contributed by atoms with Gasteiger partial charge in [-0.15, -0.1) is 0 Å². The zero-order valence-electron chi connectivity index (χ0n) is 12.3. The van der Waals surface area contributed by atoms with Gasteiger partial charge in [0.25, 0.3) is 5.91 Å². The Kier molecular flexibility index (Phi) is 3.09. The van der Waals surface area contributed by atoms with Crippen LogP contribution >= 0.6 is 0 Å². The molecule has 0 aliphatic carbocycles. The molecule has 0 saturated carbocycles. The maximum absolute atomic E-state index is 12.3. The summed E-state index contributed by atoms with van der Waals surface area (Å²) in [6.07, 6.45) is -0.231. The summed E-state index contributed by atoms with van der Waals surface area (Å²) < 4.78 is 0. The van der Waals surface area contributed by atoms with Crippen LogP contribution in [0.5, 0.6) is 5.75 Å². The average molecular weight is 282 g/mol. The summed E-state index contributed by atoms with van der Waals surface area (Å²) in [6, 6.07) is 11.4. The van der Waals surface area contributed by atoms with Crippen molar-refractivity contribution in [1.29, 1.82) is 0 Å². The highest BCUT2D eigenvalue weighted by Gasteiger charge is 2.29. The lowest BCUT2D eigenvalue weighted by Gasteiger charge is -2.36. The lowest BCUT2D eigenvalue weighted by atomic mass is 10.00. The highest BCUT2D eigenvalue weighted by molar-refractivity contribution is 6.02. The molecule has 0 radical (unpaired) electrons. The van der Waals surface area contributed by atoms with E-state index >= 15 is 0 Å². The number of nitrogens with zero attached hydrogens (tertiary/aromatic N) is 1. The first-order valence-electron chi connectivity index (χ1n) is 6.92. The van der Waals surface area contributed by atoms with Crippen molar-refractivity contribution < 1.29 is 9.90 Å². The van der Waals surface area contributed by atoms with E-state index in [1.807, 2.05) is 62.2 Å². The molecule has 1 aliphatic rings. The van der Waals surface area contributed by atoms with Crippen molar-refractivity contribution in [3.05, 3.63) is 58.7 Å². The largest absolute Gasteiger partial charge is 0.507 e. The van der Waals surface area contributed by atoms with Crippen molar-refractivity contribution in [3.8, 4) is 5.75 Å². The number of carbonyl (C=O) groups is 1. The Morgan fingerprint density at radius 3 is 2.43 bits per heavy atom. The van der Waals surface area contributed by atoms with E-state index in [9.17, 15) is 9.90 Å². The van der Waals surface area contributed by atoms with Gasteiger partial charge in [-0.25, -0.2) is 0 Å². The Morgan fingerprint density at radius 2 is 1.76 bits per heavy atom. The van der Waals surface area contributed by atoms with Gasteiger partial charge in [0.15, 0.2) is 0 Å². The molecule has 2 aromatic carbocycles. The predicted molar refractivity (Wildman–Crippen MR) is 82.6 cm³/mol. The SMILES string of the molecule is Cc1cc([C@H]2NC(=O)c3ccccc3N2C)cc(C)c1O. The Labute approximate surface area is 124 Å². The molecule has 4 heteroatoms. The standard InChI is InChI=1S/C17H18N2O2/c1-10-8-12(9-11(2)15(10)20)16-18-17(21)13-6-4-5-7-14(13)19(16)3/h4-9,16,20H,1-3H3,(H,18,21)/t16-/m0/s1. The molecule has 1 heterocycles. The van der Waals surface area contributed by atoms with Crippen molar-refractivity contribution >= 4 is 11.6 Å². The Balaban J connectivity index is 2.07. The summed E-state index contributed by atoms with van der Waals surface area (Å²) in [6.45, 7) is 3.73. The van der Waals surface area contributed by atoms with Crippen LogP contribution in [0.3, 0.4) is 0 Å². The quantitative estimate of drug-likeness (QED) is 0.845. The van der Waals surface area contributed by atoms with Crippen LogP contribution in [0.2, 0.25) is 0 Å². The summed E-state index contributed by atoms with van der Waals surface area (Å²) in [7, 11) is 1.96. The van der Waals surface area contributed by atoms with Crippen molar-refractivity contribution in [2.45, 2.75) is 20.0 Å². The third-order valence-corrected chi connectivity index (χ3v) is 4.01. The van der Waals surface area contributed by atoms with E-state index in [2.05, 4.69) is 5.32 Å². The second-order valence-corrected chi connectivity index (χ2v) is 5.51. The number of nitrogens with one attached hydrogen (secondary N) is 1. The molecule has 1 atom stereocenters. The van der Waals surface area contributed by atoms with Gasteiger partial charge in [0.2, 0.25) is 0 Å². The molecule has 0 spiro atoms. The fraction of sp³-hybridized carbons (Fsp3) is 0.235. The number of phenols is 1. The Hall–Kier alpha value is -2.49. The number of rotatable bonds is 1. The number of phenolic OH excluding ortho intramolecular Hbond substituents is 1. The van der Waals surface area contributed by atoms with Gasteiger partial charge < -0.3 is 15.3 Å². The number of fused-ring (bicyclic) bond motifs is 1. The summed E-state index contributed by atoms with van der Waals surface area (Å²) in [5, 5.41) is 12.9.